The highest BCUT2D eigenvalue weighted by molar-refractivity contribution is 6.05. The molecule has 1 aromatic carbocycles. The van der Waals surface area contributed by atoms with Crippen LogP contribution in [-0.4, -0.2) is 84.9 Å². The molecular weight excluding hydrogens is 498 g/mol. The molecule has 2 amide bonds. The first kappa shape index (κ1) is 27.4. The maximum Gasteiger partial charge on any atom is 0.312 e. The third-order valence-electron chi connectivity index (χ3n) is 8.45. The van der Waals surface area contributed by atoms with E-state index in [0.717, 1.165) is 30.9 Å². The molecule has 0 bridgehead atoms. The lowest BCUT2D eigenvalue weighted by molar-refractivity contribution is -0.154. The van der Waals surface area contributed by atoms with E-state index in [1.165, 1.54) is 0 Å². The first-order chi connectivity index (χ1) is 19.0. The third-order valence-corrected chi connectivity index (χ3v) is 8.45. The number of esters is 1. The quantitative estimate of drug-likeness (QED) is 0.309. The smallest absolute Gasteiger partial charge is 0.312 e. The molecular formula is C30H39N3O6. The molecule has 39 heavy (non-hydrogen) atoms. The molecule has 0 aromatic heterocycles. The number of nitrogens with zero attached hydrogens (tertiary/aromatic N) is 3. The fraction of sp³-hybridized carbons (Fsp3) is 0.567. The Bertz CT molecular complexity index is 1130. The molecule has 1 unspecified atom stereocenters. The molecule has 4 heterocycles. The number of cyclic esters (lactones) is 1. The Morgan fingerprint density at radius 3 is 2.54 bits per heavy atom. The van der Waals surface area contributed by atoms with Gasteiger partial charge in [-0.1, -0.05) is 24.3 Å². The minimum absolute atomic E-state index is 0.00154. The average Bonchev–Trinajstić information content (AvgIpc) is 3.35. The van der Waals surface area contributed by atoms with Gasteiger partial charge in [0.1, 0.15) is 17.6 Å². The fourth-order valence-corrected chi connectivity index (χ4v) is 6.55. The second-order valence-electron chi connectivity index (χ2n) is 10.6. The number of unbranched alkanes of at least 4 members (excludes halogenated alkanes) is 1. The largest absolute Gasteiger partial charge is 0.465 e. The minimum Gasteiger partial charge on any atom is -0.465 e. The van der Waals surface area contributed by atoms with Crippen LogP contribution < -0.4 is 9.80 Å². The second-order valence-corrected chi connectivity index (χ2v) is 10.6. The highest BCUT2D eigenvalue weighted by Gasteiger charge is 2.71. The van der Waals surface area contributed by atoms with Gasteiger partial charge in [-0.2, -0.15) is 0 Å². The van der Waals surface area contributed by atoms with Crippen LogP contribution in [0.25, 0.3) is 0 Å². The molecule has 4 aliphatic rings. The minimum atomic E-state index is -1.28. The molecule has 5 atom stereocenters. The maximum atomic E-state index is 14.4. The monoisotopic (exact) mass is 537 g/mol. The number of allylic oxidation sites excluding steroid dienone is 1. The molecule has 9 nitrogen and oxygen atoms in total. The number of aliphatic hydroxyl groups excluding tert-OH is 1. The van der Waals surface area contributed by atoms with Gasteiger partial charge in [0.15, 0.2) is 0 Å². The number of ether oxygens (including phenoxy) is 2. The van der Waals surface area contributed by atoms with Crippen molar-refractivity contribution in [2.75, 3.05) is 49.2 Å². The number of fused-ring (bicyclic) bond motifs is 2. The molecule has 4 aliphatic heterocycles. The molecule has 9 heteroatoms. The Morgan fingerprint density at radius 1 is 1.05 bits per heavy atom. The van der Waals surface area contributed by atoms with Crippen molar-refractivity contribution >= 4 is 29.2 Å². The highest BCUT2D eigenvalue weighted by atomic mass is 16.6. The summed E-state index contributed by atoms with van der Waals surface area (Å²) in [5.74, 6) is -2.64. The summed E-state index contributed by atoms with van der Waals surface area (Å²) in [5, 5.41) is 9.37. The number of carbonyl (C=O) groups is 3. The van der Waals surface area contributed by atoms with Crippen molar-refractivity contribution < 1.29 is 29.0 Å². The first-order valence-electron chi connectivity index (χ1n) is 14.2. The predicted molar refractivity (Wildman–Crippen MR) is 147 cm³/mol. The lowest BCUT2D eigenvalue weighted by Gasteiger charge is -2.35. The summed E-state index contributed by atoms with van der Waals surface area (Å²) >= 11 is 0. The number of hydrogen-bond acceptors (Lipinski definition) is 7. The maximum absolute atomic E-state index is 14.4. The summed E-state index contributed by atoms with van der Waals surface area (Å²) in [6, 6.07) is 6.98. The summed E-state index contributed by atoms with van der Waals surface area (Å²) in [6.07, 6.45) is 9.41. The average molecular weight is 538 g/mol. The van der Waals surface area contributed by atoms with Crippen molar-refractivity contribution in [3.8, 4) is 0 Å². The van der Waals surface area contributed by atoms with E-state index >= 15 is 0 Å². The summed E-state index contributed by atoms with van der Waals surface area (Å²) in [4.78, 5) is 47.2. The van der Waals surface area contributed by atoms with Gasteiger partial charge in [-0.3, -0.25) is 14.4 Å². The van der Waals surface area contributed by atoms with Gasteiger partial charge in [0.05, 0.1) is 18.6 Å². The first-order valence-corrected chi connectivity index (χ1v) is 14.2. The van der Waals surface area contributed by atoms with Crippen LogP contribution in [0.5, 0.6) is 0 Å². The van der Waals surface area contributed by atoms with Gasteiger partial charge >= 0.3 is 5.97 Å². The molecule has 2 fully saturated rings. The summed E-state index contributed by atoms with van der Waals surface area (Å²) in [5.41, 5.74) is 0.543. The lowest BCUT2D eigenvalue weighted by Crippen LogP contribution is -2.55. The molecule has 0 saturated carbocycles. The van der Waals surface area contributed by atoms with Crippen LogP contribution >= 0.6 is 0 Å². The van der Waals surface area contributed by atoms with E-state index in [4.69, 9.17) is 9.47 Å². The van der Waals surface area contributed by atoms with E-state index in [-0.39, 0.29) is 25.0 Å². The van der Waals surface area contributed by atoms with Gasteiger partial charge < -0.3 is 29.3 Å². The standard InChI is InChI=1S/C30H39N3O6/c1-3-31(4-2)21-12-14-22(15-13-21)32-18-10-16-30-25(24-23(39-30)11-6-5-9-20-38-29(24)37)27(35)33(17-7-8-19-34)26(30)28(32)36/h6,10-16,23-26,34H,3-5,7-9,17-20H2,1-2H3/b11-6-/t23-,24+,25+,26?,30+/m1/s1. The molecule has 0 aliphatic carbocycles. The lowest BCUT2D eigenvalue weighted by atomic mass is 9.78. The van der Waals surface area contributed by atoms with Crippen molar-refractivity contribution in [3.63, 3.8) is 0 Å². The Morgan fingerprint density at radius 2 is 1.82 bits per heavy atom. The Kier molecular flexibility index (Phi) is 8.09. The fourth-order valence-electron chi connectivity index (χ4n) is 6.55. The number of anilines is 2. The molecule has 0 radical (unpaired) electrons. The van der Waals surface area contributed by atoms with Gasteiger partial charge in [0.2, 0.25) is 5.91 Å². The highest BCUT2D eigenvalue weighted by Crippen LogP contribution is 2.53. The van der Waals surface area contributed by atoms with E-state index in [9.17, 15) is 19.5 Å². The van der Waals surface area contributed by atoms with Crippen LogP contribution in [0.2, 0.25) is 0 Å². The molecule has 210 valence electrons. The van der Waals surface area contributed by atoms with Crippen molar-refractivity contribution in [2.24, 2.45) is 11.8 Å². The normalized spacial score (nSPS) is 31.0. The van der Waals surface area contributed by atoms with E-state index in [2.05, 4.69) is 18.7 Å². The third kappa shape index (κ3) is 4.76. The van der Waals surface area contributed by atoms with Gasteiger partial charge in [-0.15, -0.1) is 0 Å². The molecule has 5 rings (SSSR count). The number of rotatable bonds is 8. The SMILES string of the molecule is CCN(CC)c1ccc(N2CC=C[C@]34O[C@@H]5/C=C\CCCOC(=O)[C@@H]5[C@H]3C(=O)N(CCCCO)C4C2=O)cc1. The number of carbonyl (C=O) groups excluding carboxylic acids is 3. The van der Waals surface area contributed by atoms with Crippen molar-refractivity contribution in [3.05, 3.63) is 48.6 Å². The number of aliphatic hydroxyl groups is 1. The van der Waals surface area contributed by atoms with Crippen LogP contribution in [-0.2, 0) is 23.9 Å². The second kappa shape index (κ2) is 11.5. The van der Waals surface area contributed by atoms with Crippen LogP contribution in [0, 0.1) is 11.8 Å². The topological polar surface area (TPSA) is 99.6 Å². The van der Waals surface area contributed by atoms with Crippen LogP contribution in [0.1, 0.15) is 39.5 Å². The number of hydrogen-bond donors (Lipinski definition) is 1. The van der Waals surface area contributed by atoms with Gasteiger partial charge in [-0.05, 0) is 63.8 Å². The van der Waals surface area contributed by atoms with E-state index in [1.54, 1.807) is 9.80 Å². The van der Waals surface area contributed by atoms with E-state index < -0.39 is 35.6 Å². The zero-order valence-electron chi connectivity index (χ0n) is 22.8. The van der Waals surface area contributed by atoms with Crippen molar-refractivity contribution in [1.29, 1.82) is 0 Å². The zero-order valence-corrected chi connectivity index (χ0v) is 22.8. The molecule has 1 N–H and O–H groups in total. The molecule has 1 aromatic rings. The Hall–Kier alpha value is -3.17. The van der Waals surface area contributed by atoms with E-state index in [0.29, 0.717) is 32.4 Å². The number of amides is 2. The van der Waals surface area contributed by atoms with Gasteiger partial charge in [0.25, 0.3) is 5.91 Å². The zero-order chi connectivity index (χ0) is 27.6. The number of benzene rings is 1. The van der Waals surface area contributed by atoms with Crippen LogP contribution in [0.4, 0.5) is 11.4 Å². The predicted octanol–water partition coefficient (Wildman–Crippen LogP) is 2.68. The summed E-state index contributed by atoms with van der Waals surface area (Å²) in [7, 11) is 0. The molecule has 2 saturated heterocycles. The summed E-state index contributed by atoms with van der Waals surface area (Å²) in [6.45, 7) is 6.88. The Balaban J connectivity index is 1.53. The van der Waals surface area contributed by atoms with E-state index in [1.807, 2.05) is 48.6 Å². The van der Waals surface area contributed by atoms with Crippen LogP contribution in [0.3, 0.4) is 0 Å². The number of likely N-dealkylation sites (tertiary alicyclic amines) is 1. The summed E-state index contributed by atoms with van der Waals surface area (Å²) < 4.78 is 12.2. The van der Waals surface area contributed by atoms with Crippen molar-refractivity contribution in [1.82, 2.24) is 4.90 Å². The van der Waals surface area contributed by atoms with Gasteiger partial charge in [0, 0.05) is 44.2 Å². The van der Waals surface area contributed by atoms with Crippen molar-refractivity contribution in [2.45, 2.75) is 57.3 Å². The van der Waals surface area contributed by atoms with Crippen LogP contribution in [0.15, 0.2) is 48.6 Å². The molecule has 1 spiro atoms. The van der Waals surface area contributed by atoms with Gasteiger partial charge in [-0.25, -0.2) is 0 Å². The Labute approximate surface area is 230 Å².